The number of rotatable bonds is 5. The lowest BCUT2D eigenvalue weighted by Gasteiger charge is -2.11. The predicted octanol–water partition coefficient (Wildman–Crippen LogP) is 6.78. The molecule has 3 rings (SSSR count). The van der Waals surface area contributed by atoms with E-state index < -0.39 is 0 Å². The Morgan fingerprint density at radius 1 is 1.15 bits per heavy atom. The summed E-state index contributed by atoms with van der Waals surface area (Å²) < 4.78 is 5.77. The van der Waals surface area contributed by atoms with Gasteiger partial charge in [0.15, 0.2) is 0 Å². The third-order valence-electron chi connectivity index (χ3n) is 4.21. The van der Waals surface area contributed by atoms with Gasteiger partial charge in [-0.15, -0.1) is 0 Å². The lowest BCUT2D eigenvalue weighted by atomic mass is 10.1. The summed E-state index contributed by atoms with van der Waals surface area (Å²) in [5.74, 6) is 0.969. The van der Waals surface area contributed by atoms with E-state index in [4.69, 9.17) is 27.6 Å². The average molecular weight is 400 g/mol. The van der Waals surface area contributed by atoms with E-state index in [9.17, 15) is 4.79 Å². The molecule has 27 heavy (non-hydrogen) atoms. The van der Waals surface area contributed by atoms with Crippen LogP contribution in [0.3, 0.4) is 0 Å². The lowest BCUT2D eigenvalue weighted by molar-refractivity contribution is -0.111. The molecule has 0 radical (unpaired) electrons. The molecular weight excluding hydrogens is 381 g/mol. The Morgan fingerprint density at radius 3 is 2.70 bits per heavy atom. The third-order valence-corrected chi connectivity index (χ3v) is 4.76. The van der Waals surface area contributed by atoms with Crippen molar-refractivity contribution >= 4 is 40.9 Å². The van der Waals surface area contributed by atoms with Gasteiger partial charge in [-0.05, 0) is 60.9 Å². The summed E-state index contributed by atoms with van der Waals surface area (Å²) in [5.41, 5.74) is 3.75. The van der Waals surface area contributed by atoms with Crippen molar-refractivity contribution in [1.82, 2.24) is 0 Å². The van der Waals surface area contributed by atoms with Gasteiger partial charge in [-0.3, -0.25) is 4.79 Å². The number of halogens is 2. The summed E-state index contributed by atoms with van der Waals surface area (Å²) in [5, 5.41) is 4.03. The number of hydrogen-bond acceptors (Lipinski definition) is 2. The number of carbonyl (C=O) groups excluding carboxylic acids is 1. The van der Waals surface area contributed by atoms with Crippen LogP contribution in [-0.4, -0.2) is 5.91 Å². The zero-order valence-corrected chi connectivity index (χ0v) is 16.6. The Balaban J connectivity index is 1.74. The monoisotopic (exact) mass is 399 g/mol. The first kappa shape index (κ1) is 19.3. The summed E-state index contributed by atoms with van der Waals surface area (Å²) in [6, 6.07) is 14.8. The zero-order valence-electron chi connectivity index (χ0n) is 15.1. The van der Waals surface area contributed by atoms with Crippen LogP contribution in [0, 0.1) is 6.92 Å². The number of carbonyl (C=O) groups is 1. The van der Waals surface area contributed by atoms with Gasteiger partial charge >= 0.3 is 0 Å². The van der Waals surface area contributed by atoms with Crippen molar-refractivity contribution < 1.29 is 9.21 Å². The van der Waals surface area contributed by atoms with Crippen LogP contribution >= 0.6 is 23.2 Å². The average Bonchev–Trinajstić information content (AvgIpc) is 3.10. The van der Waals surface area contributed by atoms with E-state index in [0.29, 0.717) is 21.6 Å². The maximum atomic E-state index is 12.3. The molecular formula is C22H19Cl2NO2. The van der Waals surface area contributed by atoms with Crippen LogP contribution in [0.25, 0.3) is 17.4 Å². The van der Waals surface area contributed by atoms with E-state index in [1.54, 1.807) is 30.3 Å². The Labute approximate surface area is 168 Å². The van der Waals surface area contributed by atoms with Crippen LogP contribution in [0.5, 0.6) is 0 Å². The predicted molar refractivity (Wildman–Crippen MR) is 112 cm³/mol. The number of para-hydroxylation sites is 1. The molecule has 0 fully saturated rings. The van der Waals surface area contributed by atoms with Crippen LogP contribution in [0.15, 0.2) is 59.0 Å². The lowest BCUT2D eigenvalue weighted by Crippen LogP contribution is -2.10. The minimum Gasteiger partial charge on any atom is -0.457 e. The minimum atomic E-state index is -0.207. The Morgan fingerprint density at radius 2 is 1.96 bits per heavy atom. The quantitative estimate of drug-likeness (QED) is 0.480. The molecule has 0 spiro atoms. The number of benzene rings is 2. The first-order valence-corrected chi connectivity index (χ1v) is 9.36. The van der Waals surface area contributed by atoms with Crippen LogP contribution in [0.1, 0.15) is 23.8 Å². The molecule has 1 amide bonds. The number of furan rings is 1. The summed E-state index contributed by atoms with van der Waals surface area (Å²) in [7, 11) is 0. The third kappa shape index (κ3) is 4.62. The Hall–Kier alpha value is -2.49. The second-order valence-electron chi connectivity index (χ2n) is 6.11. The highest BCUT2D eigenvalue weighted by Crippen LogP contribution is 2.31. The van der Waals surface area contributed by atoms with E-state index in [-0.39, 0.29) is 5.91 Å². The van der Waals surface area contributed by atoms with Crippen LogP contribution < -0.4 is 5.32 Å². The highest BCUT2D eigenvalue weighted by molar-refractivity contribution is 6.36. The highest BCUT2D eigenvalue weighted by atomic mass is 35.5. The summed E-state index contributed by atoms with van der Waals surface area (Å²) in [6.07, 6.45) is 3.94. The summed E-state index contributed by atoms with van der Waals surface area (Å²) >= 11 is 12.1. The van der Waals surface area contributed by atoms with Gasteiger partial charge in [0.25, 0.3) is 0 Å². The molecule has 1 N–H and O–H groups in total. The molecule has 5 heteroatoms. The van der Waals surface area contributed by atoms with Gasteiger partial charge < -0.3 is 9.73 Å². The van der Waals surface area contributed by atoms with Gasteiger partial charge in [-0.2, -0.15) is 0 Å². The van der Waals surface area contributed by atoms with Crippen molar-refractivity contribution in [3.05, 3.63) is 81.5 Å². The van der Waals surface area contributed by atoms with Gasteiger partial charge in [-0.25, -0.2) is 0 Å². The first-order valence-electron chi connectivity index (χ1n) is 8.60. The molecule has 2 aromatic carbocycles. The SMILES string of the molecule is CCc1cccc(C)c1NC(=O)/C=C/c1ccc(-c2ccc(Cl)cc2Cl)o1. The summed E-state index contributed by atoms with van der Waals surface area (Å²) in [4.78, 5) is 12.3. The van der Waals surface area contributed by atoms with Gasteiger partial charge in [0.05, 0.1) is 5.02 Å². The first-order chi connectivity index (χ1) is 13.0. The van der Waals surface area contributed by atoms with Gasteiger partial charge in [-0.1, -0.05) is 48.3 Å². The Bertz CT molecular complexity index is 1010. The zero-order chi connectivity index (χ0) is 19.4. The number of anilines is 1. The molecule has 1 heterocycles. The molecule has 138 valence electrons. The topological polar surface area (TPSA) is 42.2 Å². The van der Waals surface area contributed by atoms with E-state index in [0.717, 1.165) is 28.8 Å². The van der Waals surface area contributed by atoms with Crippen molar-refractivity contribution in [3.63, 3.8) is 0 Å². The number of amides is 1. The number of nitrogens with one attached hydrogen (secondary N) is 1. The van der Waals surface area contributed by atoms with Crippen molar-refractivity contribution in [2.24, 2.45) is 0 Å². The standard InChI is InChI=1S/C22H19Cl2NO2/c1-3-15-6-4-5-14(2)22(15)25-21(26)12-9-17-8-11-20(27-17)18-10-7-16(23)13-19(18)24/h4-13H,3H2,1-2H3,(H,25,26)/b12-9+. The highest BCUT2D eigenvalue weighted by Gasteiger charge is 2.09. The molecule has 0 atom stereocenters. The summed E-state index contributed by atoms with van der Waals surface area (Å²) in [6.45, 7) is 4.04. The molecule has 0 saturated heterocycles. The number of aryl methyl sites for hydroxylation is 2. The molecule has 0 aliphatic carbocycles. The van der Waals surface area contributed by atoms with Crippen molar-refractivity contribution in [2.45, 2.75) is 20.3 Å². The number of hydrogen-bond donors (Lipinski definition) is 1. The molecule has 1 aromatic heterocycles. The van der Waals surface area contributed by atoms with Crippen LogP contribution in [0.4, 0.5) is 5.69 Å². The normalized spacial score (nSPS) is 11.1. The molecule has 3 nitrogen and oxygen atoms in total. The molecule has 3 aromatic rings. The maximum Gasteiger partial charge on any atom is 0.248 e. The molecule has 0 aliphatic heterocycles. The fourth-order valence-corrected chi connectivity index (χ4v) is 3.30. The van der Waals surface area contributed by atoms with Gasteiger partial charge in [0.2, 0.25) is 5.91 Å². The minimum absolute atomic E-state index is 0.207. The van der Waals surface area contributed by atoms with Gasteiger partial charge in [0.1, 0.15) is 11.5 Å². The second-order valence-corrected chi connectivity index (χ2v) is 6.95. The van der Waals surface area contributed by atoms with Gasteiger partial charge in [0, 0.05) is 22.3 Å². The molecule has 0 aliphatic rings. The van der Waals surface area contributed by atoms with Crippen LogP contribution in [0.2, 0.25) is 10.0 Å². The van der Waals surface area contributed by atoms with Crippen molar-refractivity contribution in [1.29, 1.82) is 0 Å². The van der Waals surface area contributed by atoms with Crippen molar-refractivity contribution in [2.75, 3.05) is 5.32 Å². The molecule has 0 bridgehead atoms. The fourth-order valence-electron chi connectivity index (χ4n) is 2.80. The van der Waals surface area contributed by atoms with E-state index >= 15 is 0 Å². The van der Waals surface area contributed by atoms with Crippen molar-refractivity contribution in [3.8, 4) is 11.3 Å². The van der Waals surface area contributed by atoms with E-state index in [1.807, 2.05) is 31.2 Å². The van der Waals surface area contributed by atoms with E-state index in [2.05, 4.69) is 12.2 Å². The largest absolute Gasteiger partial charge is 0.457 e. The maximum absolute atomic E-state index is 12.3. The van der Waals surface area contributed by atoms with E-state index in [1.165, 1.54) is 6.08 Å². The van der Waals surface area contributed by atoms with Crippen LogP contribution in [-0.2, 0) is 11.2 Å². The Kier molecular flexibility index (Phi) is 6.04. The fraction of sp³-hybridized carbons (Fsp3) is 0.136. The molecule has 0 unspecified atom stereocenters. The molecule has 0 saturated carbocycles. The second kappa shape index (κ2) is 8.47. The smallest absolute Gasteiger partial charge is 0.248 e.